The van der Waals surface area contributed by atoms with Crippen LogP contribution in [-0.4, -0.2) is 51.8 Å². The van der Waals surface area contributed by atoms with Crippen molar-refractivity contribution in [1.82, 2.24) is 10.2 Å². The summed E-state index contributed by atoms with van der Waals surface area (Å²) in [5, 5.41) is 12.0. The van der Waals surface area contributed by atoms with E-state index in [9.17, 15) is 14.7 Å². The number of carbonyl (C=O) groups excluding carboxylic acids is 1. The van der Waals surface area contributed by atoms with Crippen molar-refractivity contribution in [1.29, 1.82) is 0 Å². The summed E-state index contributed by atoms with van der Waals surface area (Å²) in [6.45, 7) is 12.0. The molecule has 122 valence electrons. The predicted molar refractivity (Wildman–Crippen MR) is 80.3 cm³/mol. The van der Waals surface area contributed by atoms with Crippen molar-refractivity contribution in [2.45, 2.75) is 71.1 Å². The van der Waals surface area contributed by atoms with Crippen molar-refractivity contribution >= 4 is 12.0 Å². The highest BCUT2D eigenvalue weighted by Gasteiger charge is 2.42. The summed E-state index contributed by atoms with van der Waals surface area (Å²) in [6, 6.07) is -0.349. The van der Waals surface area contributed by atoms with E-state index in [2.05, 4.69) is 5.32 Å². The molecule has 1 saturated heterocycles. The van der Waals surface area contributed by atoms with Crippen molar-refractivity contribution in [2.24, 2.45) is 0 Å². The third kappa shape index (κ3) is 4.59. The number of hydrogen-bond donors (Lipinski definition) is 2. The number of urea groups is 1. The Balaban J connectivity index is 2.85. The summed E-state index contributed by atoms with van der Waals surface area (Å²) in [7, 11) is 0. The molecule has 6 heteroatoms. The highest BCUT2D eigenvalue weighted by atomic mass is 16.5. The second kappa shape index (κ2) is 5.83. The predicted octanol–water partition coefficient (Wildman–Crippen LogP) is 2.23. The lowest BCUT2D eigenvalue weighted by molar-refractivity contribution is -0.170. The second-order valence-corrected chi connectivity index (χ2v) is 7.29. The van der Waals surface area contributed by atoms with Gasteiger partial charge in [-0.1, -0.05) is 13.3 Å². The largest absolute Gasteiger partial charge is 0.480 e. The van der Waals surface area contributed by atoms with Gasteiger partial charge in [0.25, 0.3) is 0 Å². The number of amides is 2. The van der Waals surface area contributed by atoms with E-state index in [4.69, 9.17) is 4.74 Å². The van der Waals surface area contributed by atoms with Crippen LogP contribution in [0.1, 0.15) is 54.4 Å². The molecule has 0 aromatic heterocycles. The van der Waals surface area contributed by atoms with Crippen LogP contribution in [0.25, 0.3) is 0 Å². The number of carbonyl (C=O) groups is 2. The first-order valence-corrected chi connectivity index (χ1v) is 7.41. The zero-order valence-electron chi connectivity index (χ0n) is 13.9. The first-order valence-electron chi connectivity index (χ1n) is 7.41. The molecule has 2 amide bonds. The molecular formula is C15H28N2O4. The molecule has 6 nitrogen and oxygen atoms in total. The molecule has 2 N–H and O–H groups in total. The Bertz CT molecular complexity index is 404. The van der Waals surface area contributed by atoms with Crippen LogP contribution in [0.3, 0.4) is 0 Å². The van der Waals surface area contributed by atoms with Gasteiger partial charge in [-0.3, -0.25) is 0 Å². The highest BCUT2D eigenvalue weighted by molar-refractivity contribution is 5.86. The summed E-state index contributed by atoms with van der Waals surface area (Å²) in [5.74, 6) is -1.01. The number of ether oxygens (including phenoxy) is 1. The van der Waals surface area contributed by atoms with E-state index in [0.29, 0.717) is 25.9 Å². The Hall–Kier alpha value is -1.30. The van der Waals surface area contributed by atoms with Crippen LogP contribution in [0.15, 0.2) is 0 Å². The average molecular weight is 300 g/mol. The Morgan fingerprint density at radius 3 is 2.10 bits per heavy atom. The van der Waals surface area contributed by atoms with Crippen LogP contribution < -0.4 is 5.32 Å². The smallest absolute Gasteiger partial charge is 0.329 e. The minimum absolute atomic E-state index is 0.349. The van der Waals surface area contributed by atoms with Crippen LogP contribution in [-0.2, 0) is 9.53 Å². The number of nitrogens with one attached hydrogen (secondary N) is 1. The Morgan fingerprint density at radius 1 is 1.24 bits per heavy atom. The molecule has 1 fully saturated rings. The molecule has 1 atom stereocenters. The fraction of sp³-hybridized carbons (Fsp3) is 0.867. The molecule has 0 aliphatic carbocycles. The van der Waals surface area contributed by atoms with Crippen LogP contribution in [0.4, 0.5) is 4.79 Å². The zero-order chi connectivity index (χ0) is 16.5. The molecule has 0 bridgehead atoms. The summed E-state index contributed by atoms with van der Waals surface area (Å²) < 4.78 is 5.93. The summed E-state index contributed by atoms with van der Waals surface area (Å²) in [4.78, 5) is 25.5. The van der Waals surface area contributed by atoms with E-state index in [1.165, 1.54) is 0 Å². The summed E-state index contributed by atoms with van der Waals surface area (Å²) >= 11 is 0. The molecule has 0 spiro atoms. The lowest BCUT2D eigenvalue weighted by atomic mass is 9.96. The van der Waals surface area contributed by atoms with Crippen molar-refractivity contribution in [3.05, 3.63) is 0 Å². The van der Waals surface area contributed by atoms with Crippen LogP contribution in [0.2, 0.25) is 0 Å². The number of carboxylic acid groups (broad SMARTS) is 1. The number of morpholine rings is 1. The molecule has 1 unspecified atom stereocenters. The maximum Gasteiger partial charge on any atom is 0.329 e. The lowest BCUT2D eigenvalue weighted by Crippen LogP contribution is -2.63. The monoisotopic (exact) mass is 300 g/mol. The molecule has 21 heavy (non-hydrogen) atoms. The molecule has 0 aromatic rings. The van der Waals surface area contributed by atoms with Gasteiger partial charge in [0.15, 0.2) is 0 Å². The first kappa shape index (κ1) is 17.8. The van der Waals surface area contributed by atoms with Crippen molar-refractivity contribution in [3.8, 4) is 0 Å². The third-order valence-electron chi connectivity index (χ3n) is 3.59. The van der Waals surface area contributed by atoms with Gasteiger partial charge in [0.2, 0.25) is 0 Å². The minimum Gasteiger partial charge on any atom is -0.480 e. The quantitative estimate of drug-likeness (QED) is 0.834. The SMILES string of the molecule is CCCC(C)(NC(=O)N1CC(C)(C)OC(C)(C)C1)C(=O)O. The van der Waals surface area contributed by atoms with E-state index in [0.717, 1.165) is 0 Å². The zero-order valence-corrected chi connectivity index (χ0v) is 13.9. The van der Waals surface area contributed by atoms with E-state index in [1.807, 2.05) is 34.6 Å². The number of hydrogen-bond acceptors (Lipinski definition) is 3. The number of nitrogens with zero attached hydrogens (tertiary/aromatic N) is 1. The second-order valence-electron chi connectivity index (χ2n) is 7.29. The Kier molecular flexibility index (Phi) is 4.93. The van der Waals surface area contributed by atoms with Gasteiger partial charge in [0.1, 0.15) is 5.54 Å². The van der Waals surface area contributed by atoms with Crippen molar-refractivity contribution in [2.75, 3.05) is 13.1 Å². The lowest BCUT2D eigenvalue weighted by Gasteiger charge is -2.47. The van der Waals surface area contributed by atoms with E-state index in [1.54, 1.807) is 11.8 Å². The average Bonchev–Trinajstić information content (AvgIpc) is 2.24. The van der Waals surface area contributed by atoms with Gasteiger partial charge in [-0.2, -0.15) is 0 Å². The van der Waals surface area contributed by atoms with Gasteiger partial charge < -0.3 is 20.1 Å². The van der Waals surface area contributed by atoms with Crippen molar-refractivity contribution in [3.63, 3.8) is 0 Å². The van der Waals surface area contributed by atoms with Gasteiger partial charge in [0.05, 0.1) is 24.3 Å². The van der Waals surface area contributed by atoms with E-state index in [-0.39, 0.29) is 6.03 Å². The van der Waals surface area contributed by atoms with E-state index < -0.39 is 22.7 Å². The molecule has 1 aliphatic rings. The number of aliphatic carboxylic acids is 1. The van der Waals surface area contributed by atoms with Crippen molar-refractivity contribution < 1.29 is 19.4 Å². The molecular weight excluding hydrogens is 272 g/mol. The van der Waals surface area contributed by atoms with Gasteiger partial charge in [0, 0.05) is 0 Å². The van der Waals surface area contributed by atoms with Gasteiger partial charge >= 0.3 is 12.0 Å². The van der Waals surface area contributed by atoms with Gasteiger partial charge in [-0.25, -0.2) is 9.59 Å². The first-order chi connectivity index (χ1) is 9.41. The maximum atomic E-state index is 12.5. The summed E-state index contributed by atoms with van der Waals surface area (Å²) in [6.07, 6.45) is 1.08. The van der Waals surface area contributed by atoms with Crippen LogP contribution in [0, 0.1) is 0 Å². The molecule has 1 heterocycles. The van der Waals surface area contributed by atoms with Gasteiger partial charge in [-0.15, -0.1) is 0 Å². The minimum atomic E-state index is -1.24. The molecule has 0 saturated carbocycles. The van der Waals surface area contributed by atoms with Crippen LogP contribution in [0.5, 0.6) is 0 Å². The fourth-order valence-electron chi connectivity index (χ4n) is 2.97. The molecule has 0 radical (unpaired) electrons. The maximum absolute atomic E-state index is 12.5. The fourth-order valence-corrected chi connectivity index (χ4v) is 2.97. The standard InChI is InChI=1S/C15H28N2O4/c1-7-8-15(6,11(18)19)16-12(20)17-9-13(2,3)21-14(4,5)10-17/h7-10H2,1-6H3,(H,16,20)(H,18,19). The molecule has 1 aliphatic heterocycles. The number of rotatable bonds is 4. The highest BCUT2D eigenvalue weighted by Crippen LogP contribution is 2.28. The topological polar surface area (TPSA) is 78.9 Å². The Labute approximate surface area is 126 Å². The normalized spacial score (nSPS) is 23.2. The van der Waals surface area contributed by atoms with Crippen LogP contribution >= 0.6 is 0 Å². The molecule has 1 rings (SSSR count). The number of carboxylic acids is 1. The van der Waals surface area contributed by atoms with E-state index >= 15 is 0 Å². The van der Waals surface area contributed by atoms with Gasteiger partial charge in [-0.05, 0) is 41.0 Å². The molecule has 0 aromatic carbocycles. The Morgan fingerprint density at radius 2 is 1.71 bits per heavy atom. The summed E-state index contributed by atoms with van der Waals surface area (Å²) in [5.41, 5.74) is -2.15. The third-order valence-corrected chi connectivity index (χ3v) is 3.59.